The van der Waals surface area contributed by atoms with E-state index in [0.717, 1.165) is 5.56 Å². The highest BCUT2D eigenvalue weighted by molar-refractivity contribution is 5.92. The summed E-state index contributed by atoms with van der Waals surface area (Å²) in [4.78, 5) is 38.4. The maximum Gasteiger partial charge on any atom is 0.308 e. The summed E-state index contributed by atoms with van der Waals surface area (Å²) in [5.74, 6) is -0.264. The smallest absolute Gasteiger partial charge is 0.308 e. The summed E-state index contributed by atoms with van der Waals surface area (Å²) in [6.07, 6.45) is 0.513. The topological polar surface area (TPSA) is 84.9 Å². The second-order valence-corrected chi connectivity index (χ2v) is 6.33. The third-order valence-electron chi connectivity index (χ3n) is 4.43. The predicted octanol–water partition coefficient (Wildman–Crippen LogP) is 1.30. The molecule has 1 aromatic rings. The monoisotopic (exact) mass is 362 g/mol. The molecule has 1 aliphatic heterocycles. The Kier molecular flexibility index (Phi) is 7.00. The molecule has 26 heavy (non-hydrogen) atoms. The number of amides is 2. The second kappa shape index (κ2) is 9.22. The van der Waals surface area contributed by atoms with Crippen molar-refractivity contribution < 1.29 is 23.9 Å². The van der Waals surface area contributed by atoms with Gasteiger partial charge in [-0.25, -0.2) is 0 Å². The molecule has 142 valence electrons. The lowest BCUT2D eigenvalue weighted by atomic mass is 10.1. The average Bonchev–Trinajstić information content (AvgIpc) is 2.63. The van der Waals surface area contributed by atoms with Gasteiger partial charge in [0.1, 0.15) is 11.8 Å². The molecule has 1 heterocycles. The van der Waals surface area contributed by atoms with E-state index in [1.165, 1.54) is 4.90 Å². The van der Waals surface area contributed by atoms with Gasteiger partial charge < -0.3 is 19.7 Å². The van der Waals surface area contributed by atoms with Crippen LogP contribution in [0.4, 0.5) is 0 Å². The van der Waals surface area contributed by atoms with E-state index in [4.69, 9.17) is 9.47 Å². The first-order valence-electron chi connectivity index (χ1n) is 8.84. The van der Waals surface area contributed by atoms with Gasteiger partial charge >= 0.3 is 5.97 Å². The van der Waals surface area contributed by atoms with E-state index in [1.807, 2.05) is 19.1 Å². The molecule has 2 unspecified atom stereocenters. The van der Waals surface area contributed by atoms with Crippen LogP contribution >= 0.6 is 0 Å². The molecule has 2 atom stereocenters. The summed E-state index contributed by atoms with van der Waals surface area (Å²) >= 11 is 0. The molecule has 2 amide bonds. The van der Waals surface area contributed by atoms with E-state index < -0.39 is 12.0 Å². The van der Waals surface area contributed by atoms with Crippen LogP contribution in [0.2, 0.25) is 0 Å². The summed E-state index contributed by atoms with van der Waals surface area (Å²) < 4.78 is 10.4. The molecule has 0 aliphatic carbocycles. The summed E-state index contributed by atoms with van der Waals surface area (Å²) in [7, 11) is 1.58. The highest BCUT2D eigenvalue weighted by atomic mass is 16.5. The predicted molar refractivity (Wildman–Crippen MR) is 95.7 cm³/mol. The molecule has 1 N–H and O–H groups in total. The van der Waals surface area contributed by atoms with E-state index in [2.05, 4.69) is 5.32 Å². The molecule has 0 saturated carbocycles. The lowest BCUT2D eigenvalue weighted by Gasteiger charge is -2.34. The van der Waals surface area contributed by atoms with E-state index in [0.29, 0.717) is 25.3 Å². The van der Waals surface area contributed by atoms with Crippen LogP contribution in [0.15, 0.2) is 24.3 Å². The molecular formula is C19H26N2O5. The Morgan fingerprint density at radius 1 is 1.31 bits per heavy atom. The number of rotatable bonds is 7. The first kappa shape index (κ1) is 19.8. The number of hydrogen-bond donors (Lipinski definition) is 1. The van der Waals surface area contributed by atoms with Gasteiger partial charge in [0.05, 0.1) is 26.1 Å². The zero-order chi connectivity index (χ0) is 19.1. The van der Waals surface area contributed by atoms with Crippen molar-refractivity contribution in [1.29, 1.82) is 0 Å². The minimum Gasteiger partial charge on any atom is -0.497 e. The second-order valence-electron chi connectivity index (χ2n) is 6.33. The number of nitrogens with one attached hydrogen (secondary N) is 1. The Morgan fingerprint density at radius 3 is 2.62 bits per heavy atom. The molecule has 0 spiro atoms. The van der Waals surface area contributed by atoms with Crippen molar-refractivity contribution in [3.8, 4) is 5.75 Å². The van der Waals surface area contributed by atoms with Gasteiger partial charge in [-0.05, 0) is 31.0 Å². The van der Waals surface area contributed by atoms with Crippen molar-refractivity contribution in [2.24, 2.45) is 0 Å². The van der Waals surface area contributed by atoms with Crippen LogP contribution in [0, 0.1) is 0 Å². The van der Waals surface area contributed by atoms with Crippen molar-refractivity contribution in [3.05, 3.63) is 29.8 Å². The molecule has 1 aromatic carbocycles. The van der Waals surface area contributed by atoms with Gasteiger partial charge in [0.2, 0.25) is 11.8 Å². The number of hydrogen-bond acceptors (Lipinski definition) is 5. The number of nitrogens with zero attached hydrogens (tertiary/aromatic N) is 1. The van der Waals surface area contributed by atoms with Crippen molar-refractivity contribution in [1.82, 2.24) is 10.2 Å². The van der Waals surface area contributed by atoms with Crippen LogP contribution in [0.3, 0.4) is 0 Å². The highest BCUT2D eigenvalue weighted by Gasteiger charge is 2.35. The Bertz CT molecular complexity index is 644. The zero-order valence-electron chi connectivity index (χ0n) is 15.5. The van der Waals surface area contributed by atoms with Crippen LogP contribution < -0.4 is 10.1 Å². The Labute approximate surface area is 153 Å². The zero-order valence-corrected chi connectivity index (χ0v) is 15.5. The summed E-state index contributed by atoms with van der Waals surface area (Å²) in [5.41, 5.74) is 0.822. The van der Waals surface area contributed by atoms with Crippen LogP contribution in [0.5, 0.6) is 5.75 Å². The number of carbonyl (C=O) groups is 3. The lowest BCUT2D eigenvalue weighted by molar-refractivity contribution is -0.154. The van der Waals surface area contributed by atoms with Crippen molar-refractivity contribution >= 4 is 17.8 Å². The Balaban J connectivity index is 2.04. The first-order valence-corrected chi connectivity index (χ1v) is 8.84. The van der Waals surface area contributed by atoms with Gasteiger partial charge in [-0.3, -0.25) is 14.4 Å². The molecule has 0 bridgehead atoms. The molecule has 0 aromatic heterocycles. The summed E-state index contributed by atoms with van der Waals surface area (Å²) in [6.45, 7) is 4.47. The molecule has 7 heteroatoms. The lowest BCUT2D eigenvalue weighted by Crippen LogP contribution is -2.58. The number of benzene rings is 1. The Hall–Kier alpha value is -2.57. The number of ether oxygens (including phenoxy) is 2. The highest BCUT2D eigenvalue weighted by Crippen LogP contribution is 2.16. The van der Waals surface area contributed by atoms with Gasteiger partial charge in [0, 0.05) is 13.1 Å². The molecular weight excluding hydrogens is 336 g/mol. The van der Waals surface area contributed by atoms with Crippen molar-refractivity contribution in [2.45, 2.75) is 45.3 Å². The Morgan fingerprint density at radius 2 is 2.00 bits per heavy atom. The molecule has 0 radical (unpaired) electrons. The normalized spacial score (nSPS) is 18.0. The molecule has 1 aliphatic rings. The van der Waals surface area contributed by atoms with Gasteiger partial charge in [-0.15, -0.1) is 0 Å². The minimum absolute atomic E-state index is 0.134. The van der Waals surface area contributed by atoms with Gasteiger partial charge in [0.15, 0.2) is 0 Å². The molecule has 1 saturated heterocycles. The number of esters is 1. The number of carbonyl (C=O) groups excluding carboxylic acids is 3. The summed E-state index contributed by atoms with van der Waals surface area (Å²) in [6, 6.07) is 6.37. The van der Waals surface area contributed by atoms with E-state index in [1.54, 1.807) is 26.2 Å². The van der Waals surface area contributed by atoms with Gasteiger partial charge in [-0.1, -0.05) is 19.1 Å². The number of methoxy groups -OCH3 is 1. The number of piperazine rings is 1. The maximum absolute atomic E-state index is 12.7. The first-order chi connectivity index (χ1) is 12.4. The van der Waals surface area contributed by atoms with Crippen molar-refractivity contribution in [3.63, 3.8) is 0 Å². The molecule has 1 fully saturated rings. The van der Waals surface area contributed by atoms with Crippen LogP contribution in [-0.2, 0) is 25.5 Å². The van der Waals surface area contributed by atoms with Gasteiger partial charge in [0.25, 0.3) is 0 Å². The molecule has 7 nitrogen and oxygen atoms in total. The fourth-order valence-corrected chi connectivity index (χ4v) is 2.75. The fourth-order valence-electron chi connectivity index (χ4n) is 2.75. The quantitative estimate of drug-likeness (QED) is 0.739. The van der Waals surface area contributed by atoms with Crippen molar-refractivity contribution in [2.75, 3.05) is 20.2 Å². The third-order valence-corrected chi connectivity index (χ3v) is 4.43. The molecule has 2 rings (SSSR count). The van der Waals surface area contributed by atoms with E-state index in [-0.39, 0.29) is 30.8 Å². The van der Waals surface area contributed by atoms with Crippen LogP contribution in [-0.4, -0.2) is 55.0 Å². The largest absolute Gasteiger partial charge is 0.497 e. The van der Waals surface area contributed by atoms with Gasteiger partial charge in [-0.2, -0.15) is 0 Å². The third kappa shape index (κ3) is 5.21. The standard InChI is InChI=1S/C19H26N2O5/c1-4-13(2)26-18(23)12-16-19(24)20-9-10-21(16)17(22)11-14-5-7-15(25-3)8-6-14/h5-8,13,16H,4,9-12H2,1-3H3,(H,20,24). The fraction of sp³-hybridized carbons (Fsp3) is 0.526. The van der Waals surface area contributed by atoms with Crippen LogP contribution in [0.25, 0.3) is 0 Å². The van der Waals surface area contributed by atoms with E-state index >= 15 is 0 Å². The van der Waals surface area contributed by atoms with E-state index in [9.17, 15) is 14.4 Å². The SMILES string of the molecule is CCC(C)OC(=O)CC1C(=O)NCCN1C(=O)Cc1ccc(OC)cc1. The minimum atomic E-state index is -0.828. The van der Waals surface area contributed by atoms with Crippen LogP contribution in [0.1, 0.15) is 32.3 Å². The summed E-state index contributed by atoms with van der Waals surface area (Å²) in [5, 5.41) is 2.71. The maximum atomic E-state index is 12.7. The average molecular weight is 362 g/mol.